The molecule has 0 aliphatic carbocycles. The molecule has 0 aromatic heterocycles. The molecule has 0 unspecified atom stereocenters. The third-order valence-corrected chi connectivity index (χ3v) is 5.32. The van der Waals surface area contributed by atoms with E-state index in [0.717, 1.165) is 30.7 Å². The number of urea groups is 1. The van der Waals surface area contributed by atoms with Crippen molar-refractivity contribution in [3.63, 3.8) is 0 Å². The van der Waals surface area contributed by atoms with Crippen molar-refractivity contribution in [2.45, 2.75) is 11.9 Å². The van der Waals surface area contributed by atoms with E-state index >= 15 is 0 Å². The molecule has 0 saturated carbocycles. The molecule has 23 heavy (non-hydrogen) atoms. The number of benzene rings is 1. The van der Waals surface area contributed by atoms with Gasteiger partial charge < -0.3 is 10.2 Å². The van der Waals surface area contributed by atoms with E-state index in [1.165, 1.54) is 23.9 Å². The molecule has 1 N–H and O–H groups in total. The summed E-state index contributed by atoms with van der Waals surface area (Å²) in [5, 5.41) is 2.85. The van der Waals surface area contributed by atoms with Crippen LogP contribution < -0.4 is 5.32 Å². The fraction of sp³-hybridized carbons (Fsp3) is 0.533. The lowest BCUT2D eigenvalue weighted by Crippen LogP contribution is -2.44. The predicted molar refractivity (Wildman–Crippen MR) is 89.9 cm³/mol. The van der Waals surface area contributed by atoms with Crippen LogP contribution in [-0.4, -0.2) is 47.8 Å². The van der Waals surface area contributed by atoms with Gasteiger partial charge in [0, 0.05) is 42.6 Å². The normalized spacial score (nSPS) is 15.5. The largest absolute Gasteiger partial charge is 0.416 e. The van der Waals surface area contributed by atoms with E-state index in [1.807, 2.05) is 11.8 Å². The summed E-state index contributed by atoms with van der Waals surface area (Å²) in [6.07, 6.45) is -4.30. The molecule has 1 fully saturated rings. The summed E-state index contributed by atoms with van der Waals surface area (Å²) in [6.45, 7) is 2.06. The van der Waals surface area contributed by atoms with E-state index in [4.69, 9.17) is 0 Å². The summed E-state index contributed by atoms with van der Waals surface area (Å²) >= 11 is 3.35. The Hall–Kier alpha value is -1.02. The standard InChI is InChI=1S/C15H19F3N2OS2/c16-15(17,18)13-3-1-2-12(10-13)11-23-7-4-19-14(21)20-5-8-22-9-6-20/h1-3,10H,4-9,11H2,(H,19,21). The maximum Gasteiger partial charge on any atom is 0.416 e. The third kappa shape index (κ3) is 6.18. The van der Waals surface area contributed by atoms with Crippen LogP contribution in [0.1, 0.15) is 11.1 Å². The highest BCUT2D eigenvalue weighted by Crippen LogP contribution is 2.30. The van der Waals surface area contributed by atoms with E-state index in [0.29, 0.717) is 23.6 Å². The number of rotatable bonds is 5. The zero-order valence-electron chi connectivity index (χ0n) is 12.6. The number of nitrogens with zero attached hydrogens (tertiary/aromatic N) is 1. The van der Waals surface area contributed by atoms with Crippen LogP contribution in [0.2, 0.25) is 0 Å². The Balaban J connectivity index is 1.66. The second-order valence-electron chi connectivity index (χ2n) is 5.08. The van der Waals surface area contributed by atoms with Gasteiger partial charge in [-0.25, -0.2) is 4.79 Å². The Kier molecular flexibility index (Phi) is 6.95. The van der Waals surface area contributed by atoms with Crippen LogP contribution in [0, 0.1) is 0 Å². The lowest BCUT2D eigenvalue weighted by molar-refractivity contribution is -0.137. The van der Waals surface area contributed by atoms with Gasteiger partial charge in [0.05, 0.1) is 5.56 Å². The van der Waals surface area contributed by atoms with Crippen LogP contribution >= 0.6 is 23.5 Å². The van der Waals surface area contributed by atoms with Crippen LogP contribution in [0.15, 0.2) is 24.3 Å². The lowest BCUT2D eigenvalue weighted by Gasteiger charge is -2.26. The minimum atomic E-state index is -4.30. The summed E-state index contributed by atoms with van der Waals surface area (Å²) in [6, 6.07) is 5.31. The predicted octanol–water partition coefficient (Wildman–Crippen LogP) is 3.70. The Morgan fingerprint density at radius 1 is 1.30 bits per heavy atom. The number of thioether (sulfide) groups is 2. The minimum Gasteiger partial charge on any atom is -0.337 e. The Bertz CT molecular complexity index is 520. The molecule has 8 heteroatoms. The van der Waals surface area contributed by atoms with Crippen LogP contribution in [0.3, 0.4) is 0 Å². The molecular weight excluding hydrogens is 345 g/mol. The van der Waals surface area contributed by atoms with Crippen molar-refractivity contribution in [1.82, 2.24) is 10.2 Å². The number of amides is 2. The highest BCUT2D eigenvalue weighted by atomic mass is 32.2. The Labute approximate surface area is 142 Å². The molecule has 3 nitrogen and oxygen atoms in total. The highest BCUT2D eigenvalue weighted by Gasteiger charge is 2.30. The number of halogens is 3. The zero-order valence-corrected chi connectivity index (χ0v) is 14.2. The average molecular weight is 364 g/mol. The third-order valence-electron chi connectivity index (χ3n) is 3.34. The van der Waals surface area contributed by atoms with E-state index in [2.05, 4.69) is 5.32 Å². The number of hydrogen-bond donors (Lipinski definition) is 1. The topological polar surface area (TPSA) is 32.3 Å². The second kappa shape index (κ2) is 8.73. The number of carbonyl (C=O) groups excluding carboxylic acids is 1. The van der Waals surface area contributed by atoms with E-state index in [1.54, 1.807) is 11.0 Å². The molecule has 1 aliphatic heterocycles. The maximum atomic E-state index is 12.6. The van der Waals surface area contributed by atoms with Gasteiger partial charge in [-0.15, -0.1) is 0 Å². The fourth-order valence-corrected chi connectivity index (χ4v) is 3.84. The van der Waals surface area contributed by atoms with Crippen molar-refractivity contribution in [3.05, 3.63) is 35.4 Å². The molecular formula is C15H19F3N2OS2. The number of hydrogen-bond acceptors (Lipinski definition) is 3. The van der Waals surface area contributed by atoms with Gasteiger partial charge in [-0.05, 0) is 11.6 Å². The summed E-state index contributed by atoms with van der Waals surface area (Å²) < 4.78 is 37.8. The van der Waals surface area contributed by atoms with Crippen LogP contribution in [0.25, 0.3) is 0 Å². The fourth-order valence-electron chi connectivity index (χ4n) is 2.14. The summed E-state index contributed by atoms with van der Waals surface area (Å²) in [5.74, 6) is 3.11. The molecule has 0 radical (unpaired) electrons. The number of alkyl halides is 3. The van der Waals surface area contributed by atoms with Crippen molar-refractivity contribution in [2.24, 2.45) is 0 Å². The van der Waals surface area contributed by atoms with Gasteiger partial charge in [0.15, 0.2) is 0 Å². The smallest absolute Gasteiger partial charge is 0.337 e. The molecule has 1 aromatic rings. The maximum absolute atomic E-state index is 12.6. The molecule has 1 saturated heterocycles. The molecule has 0 atom stereocenters. The lowest BCUT2D eigenvalue weighted by atomic mass is 10.1. The molecule has 0 bridgehead atoms. The SMILES string of the molecule is O=C(NCCSCc1cccc(C(F)(F)F)c1)N1CCSCC1. The first-order chi connectivity index (χ1) is 11.0. The van der Waals surface area contributed by atoms with E-state index in [9.17, 15) is 18.0 Å². The molecule has 1 heterocycles. The van der Waals surface area contributed by atoms with Gasteiger partial charge in [0.1, 0.15) is 0 Å². The highest BCUT2D eigenvalue weighted by molar-refractivity contribution is 7.99. The van der Waals surface area contributed by atoms with Crippen molar-refractivity contribution in [2.75, 3.05) is 36.9 Å². The summed E-state index contributed by atoms with van der Waals surface area (Å²) in [4.78, 5) is 13.7. The Morgan fingerprint density at radius 2 is 2.04 bits per heavy atom. The van der Waals surface area contributed by atoms with Crippen molar-refractivity contribution >= 4 is 29.6 Å². The molecule has 2 amide bonds. The second-order valence-corrected chi connectivity index (χ2v) is 7.41. The summed E-state index contributed by atoms with van der Waals surface area (Å²) in [5.41, 5.74) is 0.0241. The van der Waals surface area contributed by atoms with Crippen LogP contribution in [0.5, 0.6) is 0 Å². The van der Waals surface area contributed by atoms with E-state index < -0.39 is 11.7 Å². The quantitative estimate of drug-likeness (QED) is 0.809. The van der Waals surface area contributed by atoms with Crippen molar-refractivity contribution in [3.8, 4) is 0 Å². The molecule has 1 aliphatic rings. The zero-order chi connectivity index (χ0) is 16.7. The van der Waals surface area contributed by atoms with Gasteiger partial charge in [-0.1, -0.05) is 18.2 Å². The first kappa shape index (κ1) is 18.3. The van der Waals surface area contributed by atoms with Crippen LogP contribution in [-0.2, 0) is 11.9 Å². The Morgan fingerprint density at radius 3 is 2.74 bits per heavy atom. The van der Waals surface area contributed by atoms with Crippen molar-refractivity contribution < 1.29 is 18.0 Å². The van der Waals surface area contributed by atoms with Gasteiger partial charge in [0.2, 0.25) is 0 Å². The van der Waals surface area contributed by atoms with Gasteiger partial charge in [-0.3, -0.25) is 0 Å². The van der Waals surface area contributed by atoms with Crippen molar-refractivity contribution in [1.29, 1.82) is 0 Å². The molecule has 0 spiro atoms. The van der Waals surface area contributed by atoms with Gasteiger partial charge in [-0.2, -0.15) is 36.7 Å². The van der Waals surface area contributed by atoms with Gasteiger partial charge in [0.25, 0.3) is 0 Å². The number of carbonyl (C=O) groups is 1. The molecule has 128 valence electrons. The van der Waals surface area contributed by atoms with Crippen LogP contribution in [0.4, 0.5) is 18.0 Å². The minimum absolute atomic E-state index is 0.0510. The monoisotopic (exact) mass is 364 g/mol. The molecule has 2 rings (SSSR count). The van der Waals surface area contributed by atoms with Gasteiger partial charge >= 0.3 is 12.2 Å². The number of nitrogens with one attached hydrogen (secondary N) is 1. The summed E-state index contributed by atoms with van der Waals surface area (Å²) in [7, 11) is 0. The van der Waals surface area contributed by atoms with E-state index in [-0.39, 0.29) is 6.03 Å². The average Bonchev–Trinajstić information content (AvgIpc) is 2.54. The first-order valence-electron chi connectivity index (χ1n) is 7.31. The molecule has 1 aromatic carbocycles. The first-order valence-corrected chi connectivity index (χ1v) is 9.62.